The van der Waals surface area contributed by atoms with Crippen molar-refractivity contribution in [2.24, 2.45) is 0 Å². The van der Waals surface area contributed by atoms with Crippen LogP contribution in [0.5, 0.6) is 0 Å². The average molecular weight is 301 g/mol. The molecule has 0 aliphatic carbocycles. The third-order valence-electron chi connectivity index (χ3n) is 3.80. The third-order valence-corrected chi connectivity index (χ3v) is 4.77. The number of carbonyl (C=O) groups excluding carboxylic acids is 1. The van der Waals surface area contributed by atoms with Crippen LogP contribution in [0.4, 0.5) is 4.79 Å². The first-order chi connectivity index (χ1) is 10.3. The summed E-state index contributed by atoms with van der Waals surface area (Å²) in [5.74, 6) is 0. The van der Waals surface area contributed by atoms with E-state index in [1.165, 1.54) is 4.88 Å². The van der Waals surface area contributed by atoms with E-state index < -0.39 is 0 Å². The van der Waals surface area contributed by atoms with Crippen molar-refractivity contribution in [3.63, 3.8) is 0 Å². The summed E-state index contributed by atoms with van der Waals surface area (Å²) >= 11 is 1.73. The van der Waals surface area contributed by atoms with Crippen LogP contribution in [-0.2, 0) is 6.42 Å². The van der Waals surface area contributed by atoms with Crippen molar-refractivity contribution in [3.05, 3.63) is 52.5 Å². The zero-order valence-electron chi connectivity index (χ0n) is 11.9. The zero-order valence-corrected chi connectivity index (χ0v) is 12.7. The first-order valence-corrected chi connectivity index (χ1v) is 8.19. The molecule has 0 bridgehead atoms. The highest BCUT2D eigenvalue weighted by Crippen LogP contribution is 2.34. The summed E-state index contributed by atoms with van der Waals surface area (Å²) in [6, 6.07) is 8.43. The van der Waals surface area contributed by atoms with Gasteiger partial charge < -0.3 is 10.2 Å². The highest BCUT2D eigenvalue weighted by atomic mass is 32.1. The molecule has 2 aromatic heterocycles. The van der Waals surface area contributed by atoms with Crippen LogP contribution < -0.4 is 5.32 Å². The molecule has 1 fully saturated rings. The third kappa shape index (κ3) is 3.42. The Morgan fingerprint density at radius 2 is 2.38 bits per heavy atom. The largest absolute Gasteiger partial charge is 0.338 e. The SMILES string of the molecule is O=C(NCCc1cccnc1)N1CCC[C@H]1c1cccs1. The van der Waals surface area contributed by atoms with E-state index in [1.54, 1.807) is 17.5 Å². The standard InChI is InChI=1S/C16H19N3OS/c20-16(18-9-7-13-4-1-8-17-12-13)19-10-2-5-14(19)15-6-3-11-21-15/h1,3-4,6,8,11-12,14H,2,5,7,9-10H2,(H,18,20)/t14-/m0/s1. The van der Waals surface area contributed by atoms with Gasteiger partial charge >= 0.3 is 6.03 Å². The van der Waals surface area contributed by atoms with E-state index in [2.05, 4.69) is 27.8 Å². The lowest BCUT2D eigenvalue weighted by molar-refractivity contribution is 0.194. The number of urea groups is 1. The van der Waals surface area contributed by atoms with Crippen LogP contribution >= 0.6 is 11.3 Å². The molecule has 110 valence electrons. The lowest BCUT2D eigenvalue weighted by Gasteiger charge is -2.24. The molecule has 3 heterocycles. The summed E-state index contributed by atoms with van der Waals surface area (Å²) in [4.78, 5) is 19.7. The Bertz CT molecular complexity index is 570. The van der Waals surface area contributed by atoms with Gasteiger partial charge in [-0.15, -0.1) is 11.3 Å². The molecule has 5 heteroatoms. The normalized spacial score (nSPS) is 17.9. The molecule has 1 saturated heterocycles. The second-order valence-corrected chi connectivity index (χ2v) is 6.19. The van der Waals surface area contributed by atoms with Gasteiger partial charge in [0.05, 0.1) is 6.04 Å². The summed E-state index contributed by atoms with van der Waals surface area (Å²) in [7, 11) is 0. The number of thiophene rings is 1. The van der Waals surface area contributed by atoms with Gasteiger partial charge in [0.1, 0.15) is 0 Å². The van der Waals surface area contributed by atoms with Crippen LogP contribution in [-0.4, -0.2) is 29.0 Å². The highest BCUT2D eigenvalue weighted by molar-refractivity contribution is 7.10. The minimum Gasteiger partial charge on any atom is -0.338 e. The monoisotopic (exact) mass is 301 g/mol. The predicted molar refractivity (Wildman–Crippen MR) is 84.3 cm³/mol. The molecular formula is C16H19N3OS. The van der Waals surface area contributed by atoms with Gasteiger partial charge in [-0.1, -0.05) is 12.1 Å². The lowest BCUT2D eigenvalue weighted by Crippen LogP contribution is -2.40. The molecule has 0 saturated carbocycles. The molecule has 2 aromatic rings. The van der Waals surface area contributed by atoms with Crippen LogP contribution in [0.25, 0.3) is 0 Å². The second kappa shape index (κ2) is 6.72. The molecule has 3 rings (SSSR count). The van der Waals surface area contributed by atoms with Crippen molar-refractivity contribution < 1.29 is 4.79 Å². The molecule has 0 spiro atoms. The summed E-state index contributed by atoms with van der Waals surface area (Å²) < 4.78 is 0. The van der Waals surface area contributed by atoms with E-state index in [4.69, 9.17) is 0 Å². The van der Waals surface area contributed by atoms with Crippen LogP contribution in [0.3, 0.4) is 0 Å². The molecule has 4 nitrogen and oxygen atoms in total. The second-order valence-electron chi connectivity index (χ2n) is 5.21. The van der Waals surface area contributed by atoms with Crippen molar-refractivity contribution in [1.29, 1.82) is 0 Å². The van der Waals surface area contributed by atoms with E-state index in [0.717, 1.165) is 31.4 Å². The van der Waals surface area contributed by atoms with Gasteiger partial charge in [-0.05, 0) is 42.3 Å². The van der Waals surface area contributed by atoms with Gasteiger partial charge in [0.2, 0.25) is 0 Å². The molecule has 0 aromatic carbocycles. The van der Waals surface area contributed by atoms with E-state index in [0.29, 0.717) is 6.54 Å². The van der Waals surface area contributed by atoms with Crippen LogP contribution in [0.15, 0.2) is 42.0 Å². The highest BCUT2D eigenvalue weighted by Gasteiger charge is 2.30. The molecule has 1 atom stereocenters. The Hall–Kier alpha value is -1.88. The van der Waals surface area contributed by atoms with E-state index in [9.17, 15) is 4.79 Å². The zero-order chi connectivity index (χ0) is 14.5. The molecule has 0 unspecified atom stereocenters. The Kier molecular flexibility index (Phi) is 4.50. The molecule has 1 N–H and O–H groups in total. The van der Waals surface area contributed by atoms with Crippen molar-refractivity contribution in [3.8, 4) is 0 Å². The predicted octanol–water partition coefficient (Wildman–Crippen LogP) is 3.23. The van der Waals surface area contributed by atoms with E-state index >= 15 is 0 Å². The van der Waals surface area contributed by atoms with Crippen molar-refractivity contribution in [1.82, 2.24) is 15.2 Å². The van der Waals surface area contributed by atoms with E-state index in [-0.39, 0.29) is 12.1 Å². The number of nitrogens with one attached hydrogen (secondary N) is 1. The first-order valence-electron chi connectivity index (χ1n) is 7.31. The number of amides is 2. The van der Waals surface area contributed by atoms with Crippen LogP contribution in [0, 0.1) is 0 Å². The number of nitrogens with zero attached hydrogens (tertiary/aromatic N) is 2. The smallest absolute Gasteiger partial charge is 0.317 e. The van der Waals surface area contributed by atoms with Gasteiger partial charge in [-0.25, -0.2) is 4.79 Å². The summed E-state index contributed by atoms with van der Waals surface area (Å²) in [5.41, 5.74) is 1.15. The van der Waals surface area contributed by atoms with Crippen LogP contribution in [0.2, 0.25) is 0 Å². The van der Waals surface area contributed by atoms with Gasteiger partial charge in [-0.3, -0.25) is 4.98 Å². The fraction of sp³-hybridized carbons (Fsp3) is 0.375. The van der Waals surface area contributed by atoms with Crippen molar-refractivity contribution in [2.45, 2.75) is 25.3 Å². The number of carbonyl (C=O) groups is 1. The molecule has 21 heavy (non-hydrogen) atoms. The van der Waals surface area contributed by atoms with E-state index in [1.807, 2.05) is 23.2 Å². The number of hydrogen-bond donors (Lipinski definition) is 1. The quantitative estimate of drug-likeness (QED) is 0.942. The minimum absolute atomic E-state index is 0.0507. The maximum Gasteiger partial charge on any atom is 0.317 e. The number of rotatable bonds is 4. The van der Waals surface area contributed by atoms with Gasteiger partial charge in [0.25, 0.3) is 0 Å². The number of likely N-dealkylation sites (tertiary alicyclic amines) is 1. The fourth-order valence-electron chi connectivity index (χ4n) is 2.75. The van der Waals surface area contributed by atoms with Crippen LogP contribution in [0.1, 0.15) is 29.3 Å². The van der Waals surface area contributed by atoms with Gasteiger partial charge in [0, 0.05) is 30.4 Å². The summed E-state index contributed by atoms with van der Waals surface area (Å²) in [6.07, 6.45) is 6.57. The summed E-state index contributed by atoms with van der Waals surface area (Å²) in [5, 5.41) is 5.10. The Labute approximate surface area is 128 Å². The number of pyridine rings is 1. The topological polar surface area (TPSA) is 45.2 Å². The summed E-state index contributed by atoms with van der Waals surface area (Å²) in [6.45, 7) is 1.50. The van der Waals surface area contributed by atoms with Crippen molar-refractivity contribution >= 4 is 17.4 Å². The van der Waals surface area contributed by atoms with Gasteiger partial charge in [-0.2, -0.15) is 0 Å². The maximum absolute atomic E-state index is 12.3. The van der Waals surface area contributed by atoms with Gasteiger partial charge in [0.15, 0.2) is 0 Å². The molecule has 1 aliphatic rings. The molecule has 0 radical (unpaired) electrons. The number of aromatic nitrogens is 1. The first kappa shape index (κ1) is 14.1. The number of hydrogen-bond acceptors (Lipinski definition) is 3. The lowest BCUT2D eigenvalue weighted by atomic mass is 10.2. The minimum atomic E-state index is 0.0507. The Balaban J connectivity index is 1.53. The maximum atomic E-state index is 12.3. The van der Waals surface area contributed by atoms with Crippen molar-refractivity contribution in [2.75, 3.05) is 13.1 Å². The average Bonchev–Trinajstić information content (AvgIpc) is 3.19. The molecule has 2 amide bonds. The fourth-order valence-corrected chi connectivity index (χ4v) is 3.62. The molecule has 1 aliphatic heterocycles. The molecular weight excluding hydrogens is 282 g/mol. The Morgan fingerprint density at radius 3 is 3.14 bits per heavy atom. The Morgan fingerprint density at radius 1 is 1.43 bits per heavy atom.